The summed E-state index contributed by atoms with van der Waals surface area (Å²) in [5.41, 5.74) is 0. The Hall–Kier alpha value is -0.390. The highest BCUT2D eigenvalue weighted by molar-refractivity contribution is 7.92. The highest BCUT2D eigenvalue weighted by Crippen LogP contribution is 2.26. The first-order valence-corrected chi connectivity index (χ1v) is 6.01. The van der Waals surface area contributed by atoms with E-state index in [1.165, 1.54) is 11.3 Å². The standard InChI is InChI=1S/C7H12N2OS2/c1-5(2)6-3-4-7(11-6)12(8,9)10/h3-5H,1-2H3,(H3,8,9,10). The van der Waals surface area contributed by atoms with Crippen molar-refractivity contribution in [2.45, 2.75) is 24.0 Å². The van der Waals surface area contributed by atoms with Gasteiger partial charge in [-0.15, -0.1) is 11.3 Å². The van der Waals surface area contributed by atoms with Crippen molar-refractivity contribution in [2.24, 2.45) is 5.14 Å². The molecule has 1 rings (SSSR count). The van der Waals surface area contributed by atoms with E-state index in [1.807, 2.05) is 6.07 Å². The van der Waals surface area contributed by atoms with E-state index in [-0.39, 0.29) is 0 Å². The van der Waals surface area contributed by atoms with Gasteiger partial charge in [0.2, 0.25) is 0 Å². The molecular formula is C7H12N2OS2. The SMILES string of the molecule is CC(C)c1ccc(S(=N)(N)=O)s1. The van der Waals surface area contributed by atoms with Gasteiger partial charge in [-0.1, -0.05) is 13.8 Å². The lowest BCUT2D eigenvalue weighted by Gasteiger charge is -1.98. The molecule has 0 bridgehead atoms. The van der Waals surface area contributed by atoms with Crippen molar-refractivity contribution < 1.29 is 4.21 Å². The summed E-state index contributed by atoms with van der Waals surface area (Å²) in [5, 5.41) is 5.18. The summed E-state index contributed by atoms with van der Waals surface area (Å²) in [6.45, 7) is 4.11. The van der Waals surface area contributed by atoms with Gasteiger partial charge in [0.05, 0.1) is 0 Å². The van der Waals surface area contributed by atoms with E-state index in [4.69, 9.17) is 9.92 Å². The third kappa shape index (κ3) is 2.06. The minimum absolute atomic E-state index is 0.408. The molecule has 0 spiro atoms. The lowest BCUT2D eigenvalue weighted by Crippen LogP contribution is -2.07. The van der Waals surface area contributed by atoms with Crippen LogP contribution in [0.25, 0.3) is 0 Å². The van der Waals surface area contributed by atoms with Crippen LogP contribution in [0.5, 0.6) is 0 Å². The second-order valence-electron chi connectivity index (χ2n) is 2.91. The van der Waals surface area contributed by atoms with E-state index < -0.39 is 9.92 Å². The van der Waals surface area contributed by atoms with Crippen molar-refractivity contribution in [1.82, 2.24) is 0 Å². The van der Waals surface area contributed by atoms with E-state index in [1.54, 1.807) is 6.07 Å². The second kappa shape index (κ2) is 3.16. The summed E-state index contributed by atoms with van der Waals surface area (Å²) in [5.74, 6) is 0.408. The summed E-state index contributed by atoms with van der Waals surface area (Å²) in [6.07, 6.45) is 0. The molecule has 3 N–H and O–H groups in total. The maximum Gasteiger partial charge on any atom is 0.141 e. The molecule has 1 atom stereocenters. The van der Waals surface area contributed by atoms with E-state index in [0.29, 0.717) is 10.1 Å². The fourth-order valence-corrected chi connectivity index (χ4v) is 2.60. The molecule has 1 aromatic heterocycles. The van der Waals surface area contributed by atoms with Crippen molar-refractivity contribution in [3.63, 3.8) is 0 Å². The van der Waals surface area contributed by atoms with Gasteiger partial charge in [0.15, 0.2) is 0 Å². The minimum atomic E-state index is -3.00. The first-order chi connectivity index (χ1) is 5.41. The normalized spacial score (nSPS) is 16.3. The summed E-state index contributed by atoms with van der Waals surface area (Å²) in [6, 6.07) is 3.56. The Kier molecular flexibility index (Phi) is 2.55. The zero-order valence-corrected chi connectivity index (χ0v) is 8.67. The average Bonchev–Trinajstić information content (AvgIpc) is 2.30. The van der Waals surface area contributed by atoms with Crippen LogP contribution in [0.2, 0.25) is 0 Å². The van der Waals surface area contributed by atoms with Crippen LogP contribution in [-0.4, -0.2) is 4.21 Å². The van der Waals surface area contributed by atoms with E-state index in [2.05, 4.69) is 13.8 Å². The Labute approximate surface area is 76.7 Å². The van der Waals surface area contributed by atoms with Gasteiger partial charge in [-0.3, -0.25) is 0 Å². The van der Waals surface area contributed by atoms with Gasteiger partial charge in [-0.25, -0.2) is 14.1 Å². The first-order valence-electron chi connectivity index (χ1n) is 3.57. The highest BCUT2D eigenvalue weighted by atomic mass is 32.2. The monoisotopic (exact) mass is 204 g/mol. The molecule has 0 saturated heterocycles. The van der Waals surface area contributed by atoms with Crippen molar-refractivity contribution in [1.29, 1.82) is 4.78 Å². The lowest BCUT2D eigenvalue weighted by atomic mass is 10.2. The van der Waals surface area contributed by atoms with Gasteiger partial charge >= 0.3 is 0 Å². The molecule has 1 heterocycles. The van der Waals surface area contributed by atoms with Gasteiger partial charge in [0.1, 0.15) is 14.1 Å². The summed E-state index contributed by atoms with van der Waals surface area (Å²) in [7, 11) is -3.00. The Morgan fingerprint density at radius 1 is 1.58 bits per heavy atom. The third-order valence-electron chi connectivity index (χ3n) is 1.47. The van der Waals surface area contributed by atoms with Crippen LogP contribution in [-0.2, 0) is 9.92 Å². The molecule has 3 nitrogen and oxygen atoms in total. The Balaban J connectivity index is 3.09. The topological polar surface area (TPSA) is 66.9 Å². The number of nitrogens with one attached hydrogen (secondary N) is 1. The minimum Gasteiger partial charge on any atom is -0.241 e. The molecule has 0 aliphatic heterocycles. The molecule has 0 saturated carbocycles. The average molecular weight is 204 g/mol. The van der Waals surface area contributed by atoms with Crippen molar-refractivity contribution in [2.75, 3.05) is 0 Å². The number of nitrogens with two attached hydrogens (primary N) is 1. The van der Waals surface area contributed by atoms with Gasteiger partial charge in [-0.2, -0.15) is 0 Å². The zero-order valence-electron chi connectivity index (χ0n) is 7.03. The van der Waals surface area contributed by atoms with Gasteiger partial charge < -0.3 is 0 Å². The molecular weight excluding hydrogens is 192 g/mol. The molecule has 0 aliphatic carbocycles. The largest absolute Gasteiger partial charge is 0.241 e. The fraction of sp³-hybridized carbons (Fsp3) is 0.429. The molecule has 0 amide bonds. The van der Waals surface area contributed by atoms with E-state index >= 15 is 0 Å². The molecule has 0 fully saturated rings. The second-order valence-corrected chi connectivity index (χ2v) is 5.93. The smallest absolute Gasteiger partial charge is 0.141 e. The summed E-state index contributed by atoms with van der Waals surface area (Å²) in [4.78, 5) is 1.12. The maximum atomic E-state index is 11.1. The number of rotatable bonds is 2. The van der Waals surface area contributed by atoms with E-state index in [0.717, 1.165) is 4.88 Å². The molecule has 0 aromatic carbocycles. The fourth-order valence-electron chi connectivity index (χ4n) is 0.808. The van der Waals surface area contributed by atoms with E-state index in [9.17, 15) is 4.21 Å². The predicted octanol–water partition coefficient (Wildman–Crippen LogP) is 2.15. The molecule has 0 aliphatic rings. The molecule has 1 aromatic rings. The Morgan fingerprint density at radius 3 is 2.42 bits per heavy atom. The van der Waals surface area contributed by atoms with Crippen LogP contribution in [0.1, 0.15) is 24.6 Å². The van der Waals surface area contributed by atoms with Crippen LogP contribution < -0.4 is 5.14 Å². The lowest BCUT2D eigenvalue weighted by molar-refractivity contribution is 0.677. The molecule has 1 unspecified atom stereocenters. The van der Waals surface area contributed by atoms with Crippen LogP contribution in [0.15, 0.2) is 16.3 Å². The molecule has 12 heavy (non-hydrogen) atoms. The molecule has 0 radical (unpaired) electrons. The van der Waals surface area contributed by atoms with Gasteiger partial charge in [0.25, 0.3) is 0 Å². The van der Waals surface area contributed by atoms with Crippen LogP contribution in [0.4, 0.5) is 0 Å². The molecule has 5 heteroatoms. The predicted molar refractivity (Wildman–Crippen MR) is 51.7 cm³/mol. The zero-order chi connectivity index (χ0) is 9.35. The summed E-state index contributed by atoms with van der Waals surface area (Å²) >= 11 is 1.36. The Bertz CT molecular complexity index is 365. The quantitative estimate of drug-likeness (QED) is 0.761. The third-order valence-corrected chi connectivity index (χ3v) is 4.38. The van der Waals surface area contributed by atoms with Crippen LogP contribution in [0, 0.1) is 4.78 Å². The van der Waals surface area contributed by atoms with Gasteiger partial charge in [0, 0.05) is 4.88 Å². The van der Waals surface area contributed by atoms with Gasteiger partial charge in [-0.05, 0) is 18.1 Å². The number of hydrogen-bond acceptors (Lipinski definition) is 3. The van der Waals surface area contributed by atoms with Crippen molar-refractivity contribution >= 4 is 21.3 Å². The van der Waals surface area contributed by atoms with Crippen LogP contribution in [0.3, 0.4) is 0 Å². The number of hydrogen-bond donors (Lipinski definition) is 2. The highest BCUT2D eigenvalue weighted by Gasteiger charge is 2.09. The van der Waals surface area contributed by atoms with Crippen molar-refractivity contribution in [3.05, 3.63) is 17.0 Å². The first kappa shape index (κ1) is 9.70. The van der Waals surface area contributed by atoms with Crippen molar-refractivity contribution in [3.8, 4) is 0 Å². The summed E-state index contributed by atoms with van der Waals surface area (Å²) < 4.78 is 18.7. The molecule has 68 valence electrons. The number of thiophene rings is 1. The Morgan fingerprint density at radius 2 is 2.17 bits per heavy atom. The van der Waals surface area contributed by atoms with Crippen LogP contribution >= 0.6 is 11.3 Å². The maximum absolute atomic E-state index is 11.1.